The molecule has 2 aromatic rings. The lowest BCUT2D eigenvalue weighted by Crippen LogP contribution is -2.38. The Morgan fingerprint density at radius 1 is 1.00 bits per heavy atom. The summed E-state index contributed by atoms with van der Waals surface area (Å²) in [6.07, 6.45) is -0.951. The first-order chi connectivity index (χ1) is 14.9. The van der Waals surface area contributed by atoms with Gasteiger partial charge in [-0.3, -0.25) is 10.1 Å². The molecule has 2 aromatic carbocycles. The van der Waals surface area contributed by atoms with Gasteiger partial charge in [0.25, 0.3) is 5.91 Å². The van der Waals surface area contributed by atoms with E-state index in [4.69, 9.17) is 23.7 Å². The van der Waals surface area contributed by atoms with Gasteiger partial charge in [-0.15, -0.1) is 0 Å². The summed E-state index contributed by atoms with van der Waals surface area (Å²) in [6, 6.07) is 10.7. The number of imide groups is 1. The quantitative estimate of drug-likeness (QED) is 0.641. The lowest BCUT2D eigenvalue weighted by atomic mass is 10.2. The van der Waals surface area contributed by atoms with Crippen LogP contribution < -0.4 is 29.6 Å². The predicted molar refractivity (Wildman–Crippen MR) is 109 cm³/mol. The summed E-state index contributed by atoms with van der Waals surface area (Å²) >= 11 is 0. The summed E-state index contributed by atoms with van der Waals surface area (Å²) < 4.78 is 26.2. The Hall–Kier alpha value is -3.95. The lowest BCUT2D eigenvalue weighted by Gasteiger charge is -2.19. The molecule has 0 fully saturated rings. The van der Waals surface area contributed by atoms with Crippen LogP contribution in [0.2, 0.25) is 0 Å². The maximum Gasteiger partial charge on any atom is 0.347 e. The van der Waals surface area contributed by atoms with Gasteiger partial charge >= 0.3 is 12.0 Å². The fourth-order valence-corrected chi connectivity index (χ4v) is 2.61. The molecular weight excluding hydrogens is 408 g/mol. The Morgan fingerprint density at radius 2 is 1.68 bits per heavy atom. The molecule has 0 aliphatic carbocycles. The molecular formula is C21H22N2O8. The van der Waals surface area contributed by atoms with E-state index < -0.39 is 30.6 Å². The number of fused-ring (bicyclic) bond motifs is 1. The van der Waals surface area contributed by atoms with Crippen molar-refractivity contribution in [1.29, 1.82) is 0 Å². The molecule has 1 atom stereocenters. The van der Waals surface area contributed by atoms with Crippen molar-refractivity contribution in [3.63, 3.8) is 0 Å². The first-order valence-electron chi connectivity index (χ1n) is 9.42. The van der Waals surface area contributed by atoms with E-state index >= 15 is 0 Å². The van der Waals surface area contributed by atoms with Gasteiger partial charge in [0.15, 0.2) is 24.2 Å². The summed E-state index contributed by atoms with van der Waals surface area (Å²) in [6.45, 7) is 1.72. The third kappa shape index (κ3) is 6.26. The average molecular weight is 430 g/mol. The number of hydrogen-bond donors (Lipinski definition) is 2. The number of benzene rings is 2. The SMILES string of the molecule is COc1ccc(OC(C)C(=O)OCC(=O)NC(=O)Nc2ccc3c(c2)OCCO3)cc1. The van der Waals surface area contributed by atoms with Gasteiger partial charge in [-0.1, -0.05) is 0 Å². The molecule has 0 saturated carbocycles. The number of methoxy groups -OCH3 is 1. The fourth-order valence-electron chi connectivity index (χ4n) is 2.61. The average Bonchev–Trinajstić information content (AvgIpc) is 2.77. The minimum atomic E-state index is -0.951. The van der Waals surface area contributed by atoms with Crippen LogP contribution in [0.3, 0.4) is 0 Å². The van der Waals surface area contributed by atoms with E-state index in [1.807, 2.05) is 0 Å². The van der Waals surface area contributed by atoms with Crippen molar-refractivity contribution in [3.8, 4) is 23.0 Å². The standard InChI is InChI=1S/C21H22N2O8/c1-13(31-16-6-4-15(27-2)5-7-16)20(25)30-12-19(24)23-21(26)22-14-3-8-17-18(11-14)29-10-9-28-17/h3-8,11,13H,9-10,12H2,1-2H3,(H2,22,23,24,26). The molecule has 1 aliphatic heterocycles. The molecule has 1 aliphatic rings. The molecule has 0 bridgehead atoms. The van der Waals surface area contributed by atoms with Gasteiger partial charge in [-0.25, -0.2) is 9.59 Å². The van der Waals surface area contributed by atoms with Crippen molar-refractivity contribution in [1.82, 2.24) is 5.32 Å². The van der Waals surface area contributed by atoms with E-state index in [2.05, 4.69) is 10.6 Å². The summed E-state index contributed by atoms with van der Waals surface area (Å²) in [5.41, 5.74) is 0.410. The summed E-state index contributed by atoms with van der Waals surface area (Å²) in [4.78, 5) is 35.9. The monoisotopic (exact) mass is 430 g/mol. The molecule has 3 amide bonds. The molecule has 1 heterocycles. The number of ether oxygens (including phenoxy) is 5. The zero-order chi connectivity index (χ0) is 22.2. The number of carbonyl (C=O) groups is 3. The number of urea groups is 1. The number of amides is 3. The highest BCUT2D eigenvalue weighted by molar-refractivity contribution is 6.02. The van der Waals surface area contributed by atoms with E-state index in [-0.39, 0.29) is 0 Å². The van der Waals surface area contributed by atoms with Crippen molar-refractivity contribution in [2.24, 2.45) is 0 Å². The predicted octanol–water partition coefficient (Wildman–Crippen LogP) is 2.13. The second-order valence-electron chi connectivity index (χ2n) is 6.40. The molecule has 10 nitrogen and oxygen atoms in total. The van der Waals surface area contributed by atoms with Gasteiger partial charge < -0.3 is 29.0 Å². The van der Waals surface area contributed by atoms with E-state index in [0.29, 0.717) is 41.9 Å². The second-order valence-corrected chi connectivity index (χ2v) is 6.40. The molecule has 10 heteroatoms. The molecule has 0 aromatic heterocycles. The van der Waals surface area contributed by atoms with Crippen molar-refractivity contribution in [2.45, 2.75) is 13.0 Å². The zero-order valence-corrected chi connectivity index (χ0v) is 17.0. The second kappa shape index (κ2) is 10.2. The van der Waals surface area contributed by atoms with Crippen LogP contribution in [0.4, 0.5) is 10.5 Å². The third-order valence-electron chi connectivity index (χ3n) is 4.10. The fraction of sp³-hybridized carbons (Fsp3) is 0.286. The summed E-state index contributed by atoms with van der Waals surface area (Å²) in [5, 5.41) is 4.57. The van der Waals surface area contributed by atoms with E-state index in [9.17, 15) is 14.4 Å². The molecule has 31 heavy (non-hydrogen) atoms. The molecule has 0 saturated heterocycles. The Balaban J connectivity index is 1.41. The molecule has 3 rings (SSSR count). The molecule has 2 N–H and O–H groups in total. The first-order valence-corrected chi connectivity index (χ1v) is 9.42. The van der Waals surface area contributed by atoms with Gasteiger partial charge in [-0.05, 0) is 43.3 Å². The van der Waals surface area contributed by atoms with Crippen LogP contribution in [0.15, 0.2) is 42.5 Å². The Morgan fingerprint density at radius 3 is 2.39 bits per heavy atom. The first kappa shape index (κ1) is 21.8. The topological polar surface area (TPSA) is 121 Å². The van der Waals surface area contributed by atoms with Crippen LogP contribution in [-0.4, -0.2) is 50.9 Å². The maximum atomic E-state index is 12.0. The molecule has 164 valence electrons. The molecule has 0 spiro atoms. The number of carbonyl (C=O) groups excluding carboxylic acids is 3. The van der Waals surface area contributed by atoms with E-state index in [1.165, 1.54) is 14.0 Å². The van der Waals surface area contributed by atoms with Gasteiger partial charge in [0.05, 0.1) is 7.11 Å². The maximum absolute atomic E-state index is 12.0. The molecule has 0 radical (unpaired) electrons. The van der Waals surface area contributed by atoms with Crippen LogP contribution in [0.1, 0.15) is 6.92 Å². The highest BCUT2D eigenvalue weighted by Crippen LogP contribution is 2.32. The highest BCUT2D eigenvalue weighted by atomic mass is 16.6. The number of nitrogens with one attached hydrogen (secondary N) is 2. The number of esters is 1. The van der Waals surface area contributed by atoms with E-state index in [0.717, 1.165) is 0 Å². The van der Waals surface area contributed by atoms with E-state index in [1.54, 1.807) is 42.5 Å². The number of anilines is 1. The van der Waals surface area contributed by atoms with Crippen LogP contribution in [0, 0.1) is 0 Å². The number of hydrogen-bond acceptors (Lipinski definition) is 8. The van der Waals surface area contributed by atoms with Crippen molar-refractivity contribution < 1.29 is 38.1 Å². The van der Waals surface area contributed by atoms with Crippen molar-refractivity contribution >= 4 is 23.6 Å². The van der Waals surface area contributed by atoms with Crippen LogP contribution >= 0.6 is 0 Å². The summed E-state index contributed by atoms with van der Waals surface area (Å²) in [7, 11) is 1.54. The third-order valence-corrected chi connectivity index (χ3v) is 4.10. The van der Waals surface area contributed by atoms with Gasteiger partial charge in [-0.2, -0.15) is 0 Å². The zero-order valence-electron chi connectivity index (χ0n) is 17.0. The highest BCUT2D eigenvalue weighted by Gasteiger charge is 2.19. The van der Waals surface area contributed by atoms with Crippen LogP contribution in [-0.2, 0) is 14.3 Å². The van der Waals surface area contributed by atoms with Gasteiger partial charge in [0, 0.05) is 11.8 Å². The van der Waals surface area contributed by atoms with Crippen molar-refractivity contribution in [3.05, 3.63) is 42.5 Å². The Bertz CT molecular complexity index is 945. The minimum absolute atomic E-state index is 0.410. The largest absolute Gasteiger partial charge is 0.497 e. The molecule has 1 unspecified atom stereocenters. The van der Waals surface area contributed by atoms with Crippen LogP contribution in [0.25, 0.3) is 0 Å². The lowest BCUT2D eigenvalue weighted by molar-refractivity contribution is -0.154. The van der Waals surface area contributed by atoms with Crippen LogP contribution in [0.5, 0.6) is 23.0 Å². The summed E-state index contributed by atoms with van der Waals surface area (Å²) in [5.74, 6) is 0.613. The van der Waals surface area contributed by atoms with Gasteiger partial charge in [0.2, 0.25) is 0 Å². The number of rotatable bonds is 7. The Kier molecular flexibility index (Phi) is 7.15. The van der Waals surface area contributed by atoms with Gasteiger partial charge in [0.1, 0.15) is 24.7 Å². The normalized spacial score (nSPS) is 12.8. The smallest absolute Gasteiger partial charge is 0.347 e. The minimum Gasteiger partial charge on any atom is -0.497 e. The van der Waals surface area contributed by atoms with Crippen molar-refractivity contribution in [2.75, 3.05) is 32.2 Å². The Labute approximate surface area is 178 Å².